The second-order valence-electron chi connectivity index (χ2n) is 4.94. The van der Waals surface area contributed by atoms with Crippen LogP contribution >= 0.6 is 0 Å². The van der Waals surface area contributed by atoms with Crippen LogP contribution in [0, 0.1) is 0 Å². The summed E-state index contributed by atoms with van der Waals surface area (Å²) in [5.74, 6) is 0. The Morgan fingerprint density at radius 2 is 2.11 bits per heavy atom. The molecule has 0 amide bonds. The molecule has 0 aliphatic heterocycles. The van der Waals surface area contributed by atoms with Gasteiger partial charge in [-0.05, 0) is 37.4 Å². The minimum absolute atomic E-state index is 0.974. The summed E-state index contributed by atoms with van der Waals surface area (Å²) in [7, 11) is 0. The van der Waals surface area contributed by atoms with Crippen LogP contribution in [-0.2, 0) is 19.6 Å². The van der Waals surface area contributed by atoms with E-state index < -0.39 is 0 Å². The zero-order valence-corrected chi connectivity index (χ0v) is 11.8. The summed E-state index contributed by atoms with van der Waals surface area (Å²) >= 11 is 0. The quantitative estimate of drug-likeness (QED) is 0.703. The third kappa shape index (κ3) is 4.91. The lowest BCUT2D eigenvalue weighted by Gasteiger charge is -2.04. The number of imidazole rings is 1. The van der Waals surface area contributed by atoms with Crippen molar-refractivity contribution in [3.8, 4) is 0 Å². The van der Waals surface area contributed by atoms with Gasteiger partial charge >= 0.3 is 0 Å². The Labute approximate surface area is 115 Å². The third-order valence-electron chi connectivity index (χ3n) is 3.20. The van der Waals surface area contributed by atoms with Gasteiger partial charge in [0.1, 0.15) is 0 Å². The van der Waals surface area contributed by atoms with Gasteiger partial charge in [0.2, 0.25) is 0 Å². The molecule has 0 saturated carbocycles. The predicted octanol–water partition coefficient (Wildman–Crippen LogP) is 2.66. The van der Waals surface area contributed by atoms with Gasteiger partial charge < -0.3 is 14.5 Å². The Bertz CT molecular complexity index is 444. The summed E-state index contributed by atoms with van der Waals surface area (Å²) < 4.78 is 4.39. The lowest BCUT2D eigenvalue weighted by molar-refractivity contribution is 0.567. The van der Waals surface area contributed by atoms with Gasteiger partial charge in [-0.2, -0.15) is 0 Å². The van der Waals surface area contributed by atoms with Gasteiger partial charge in [-0.1, -0.05) is 6.92 Å². The van der Waals surface area contributed by atoms with Gasteiger partial charge in [-0.3, -0.25) is 0 Å². The lowest BCUT2D eigenvalue weighted by atomic mass is 10.3. The maximum absolute atomic E-state index is 4.04. The van der Waals surface area contributed by atoms with Crippen LogP contribution in [0.3, 0.4) is 0 Å². The number of aromatic nitrogens is 3. The molecule has 4 nitrogen and oxygen atoms in total. The number of hydrogen-bond acceptors (Lipinski definition) is 2. The van der Waals surface area contributed by atoms with E-state index in [0.717, 1.165) is 26.2 Å². The maximum atomic E-state index is 4.04. The van der Waals surface area contributed by atoms with Gasteiger partial charge in [0.15, 0.2) is 0 Å². The fraction of sp³-hybridized carbons (Fsp3) is 0.533. The third-order valence-corrected chi connectivity index (χ3v) is 3.20. The molecule has 0 atom stereocenters. The smallest absolute Gasteiger partial charge is 0.0945 e. The molecule has 2 aromatic heterocycles. The number of rotatable bonds is 9. The van der Waals surface area contributed by atoms with Crippen LogP contribution in [0.1, 0.15) is 31.7 Å². The standard InChI is InChI=1S/C15H24N4/c1-2-8-18-10-5-15(13-18)12-16-6-3-4-9-19-11-7-17-14-19/h5,7,10-11,13-14,16H,2-4,6,8-9,12H2,1H3. The number of hydrogen-bond donors (Lipinski definition) is 1. The summed E-state index contributed by atoms with van der Waals surface area (Å²) in [6.07, 6.45) is 13.7. The van der Waals surface area contributed by atoms with E-state index in [-0.39, 0.29) is 0 Å². The average Bonchev–Trinajstić information content (AvgIpc) is 3.06. The lowest BCUT2D eigenvalue weighted by Crippen LogP contribution is -2.14. The molecule has 2 heterocycles. The van der Waals surface area contributed by atoms with E-state index in [4.69, 9.17) is 0 Å². The van der Waals surface area contributed by atoms with Crippen LogP contribution in [-0.4, -0.2) is 20.7 Å². The zero-order valence-electron chi connectivity index (χ0n) is 11.8. The highest BCUT2D eigenvalue weighted by atomic mass is 15.0. The molecular weight excluding hydrogens is 236 g/mol. The highest BCUT2D eigenvalue weighted by Gasteiger charge is 1.96. The molecule has 2 rings (SSSR count). The molecule has 0 bridgehead atoms. The second-order valence-corrected chi connectivity index (χ2v) is 4.94. The van der Waals surface area contributed by atoms with E-state index in [1.165, 1.54) is 24.8 Å². The fourth-order valence-electron chi connectivity index (χ4n) is 2.19. The van der Waals surface area contributed by atoms with Crippen molar-refractivity contribution in [3.05, 3.63) is 42.7 Å². The Kier molecular flexibility index (Phi) is 5.69. The van der Waals surface area contributed by atoms with Crippen LogP contribution < -0.4 is 5.32 Å². The molecule has 19 heavy (non-hydrogen) atoms. The molecule has 0 radical (unpaired) electrons. The first-order chi connectivity index (χ1) is 9.38. The van der Waals surface area contributed by atoms with E-state index in [2.05, 4.69) is 44.8 Å². The zero-order chi connectivity index (χ0) is 13.3. The van der Waals surface area contributed by atoms with E-state index in [1.807, 2.05) is 18.7 Å². The average molecular weight is 260 g/mol. The largest absolute Gasteiger partial charge is 0.354 e. The Hall–Kier alpha value is -1.55. The molecule has 0 fully saturated rings. The molecule has 0 saturated heterocycles. The summed E-state index contributed by atoms with van der Waals surface area (Å²) in [4.78, 5) is 4.04. The number of nitrogens with one attached hydrogen (secondary N) is 1. The highest BCUT2D eigenvalue weighted by Crippen LogP contribution is 2.02. The molecule has 4 heteroatoms. The van der Waals surface area contributed by atoms with Crippen LogP contribution in [0.25, 0.3) is 0 Å². The van der Waals surface area contributed by atoms with Gasteiger partial charge in [-0.25, -0.2) is 4.98 Å². The molecule has 2 aromatic rings. The molecule has 0 unspecified atom stereocenters. The van der Waals surface area contributed by atoms with Gasteiger partial charge in [0, 0.05) is 44.4 Å². The Balaban J connectivity index is 1.53. The first kappa shape index (κ1) is 13.9. The van der Waals surface area contributed by atoms with Crippen molar-refractivity contribution in [1.82, 2.24) is 19.4 Å². The number of unbranched alkanes of at least 4 members (excludes halogenated alkanes) is 1. The molecule has 0 aromatic carbocycles. The molecular formula is C15H24N4. The van der Waals surface area contributed by atoms with Gasteiger partial charge in [-0.15, -0.1) is 0 Å². The van der Waals surface area contributed by atoms with E-state index in [1.54, 1.807) is 0 Å². The first-order valence-electron chi connectivity index (χ1n) is 7.19. The van der Waals surface area contributed by atoms with E-state index >= 15 is 0 Å². The second kappa shape index (κ2) is 7.79. The topological polar surface area (TPSA) is 34.8 Å². The summed E-state index contributed by atoms with van der Waals surface area (Å²) in [5.41, 5.74) is 1.38. The van der Waals surface area contributed by atoms with Crippen molar-refractivity contribution in [3.63, 3.8) is 0 Å². The van der Waals surface area contributed by atoms with Gasteiger partial charge in [0.25, 0.3) is 0 Å². The SMILES string of the molecule is CCCn1ccc(CNCCCCn2ccnc2)c1. The van der Waals surface area contributed by atoms with E-state index in [0.29, 0.717) is 0 Å². The Morgan fingerprint density at radius 1 is 1.16 bits per heavy atom. The molecule has 0 aliphatic carbocycles. The van der Waals surface area contributed by atoms with E-state index in [9.17, 15) is 0 Å². The van der Waals surface area contributed by atoms with Crippen molar-refractivity contribution in [1.29, 1.82) is 0 Å². The highest BCUT2D eigenvalue weighted by molar-refractivity contribution is 5.09. The van der Waals surface area contributed by atoms with Crippen molar-refractivity contribution >= 4 is 0 Å². The number of nitrogens with zero attached hydrogens (tertiary/aromatic N) is 3. The van der Waals surface area contributed by atoms with Crippen molar-refractivity contribution < 1.29 is 0 Å². The summed E-state index contributed by atoms with van der Waals surface area (Å²) in [5, 5.41) is 3.50. The summed E-state index contributed by atoms with van der Waals surface area (Å²) in [6, 6.07) is 2.20. The minimum atomic E-state index is 0.974. The van der Waals surface area contributed by atoms with Crippen LogP contribution in [0.2, 0.25) is 0 Å². The number of aryl methyl sites for hydroxylation is 2. The predicted molar refractivity (Wildman–Crippen MR) is 77.9 cm³/mol. The fourth-order valence-corrected chi connectivity index (χ4v) is 2.19. The van der Waals surface area contributed by atoms with Crippen molar-refractivity contribution in [2.45, 2.75) is 45.8 Å². The summed E-state index contributed by atoms with van der Waals surface area (Å²) in [6.45, 7) is 6.44. The van der Waals surface area contributed by atoms with Gasteiger partial charge in [0.05, 0.1) is 6.33 Å². The van der Waals surface area contributed by atoms with Crippen LogP contribution in [0.15, 0.2) is 37.2 Å². The Morgan fingerprint density at radius 3 is 2.89 bits per heavy atom. The molecule has 0 spiro atoms. The maximum Gasteiger partial charge on any atom is 0.0945 e. The van der Waals surface area contributed by atoms with Crippen molar-refractivity contribution in [2.24, 2.45) is 0 Å². The normalized spacial score (nSPS) is 11.0. The first-order valence-corrected chi connectivity index (χ1v) is 7.19. The van der Waals surface area contributed by atoms with Crippen molar-refractivity contribution in [2.75, 3.05) is 6.54 Å². The van der Waals surface area contributed by atoms with Crippen LogP contribution in [0.5, 0.6) is 0 Å². The minimum Gasteiger partial charge on any atom is -0.354 e. The molecule has 0 aliphatic rings. The van der Waals surface area contributed by atoms with Crippen LogP contribution in [0.4, 0.5) is 0 Å². The molecule has 104 valence electrons. The monoisotopic (exact) mass is 260 g/mol. The molecule has 1 N–H and O–H groups in total.